The number of rotatable bonds is 1. The van der Waals surface area contributed by atoms with Gasteiger partial charge in [0.25, 0.3) is 0 Å². The van der Waals surface area contributed by atoms with Gasteiger partial charge in [0.1, 0.15) is 5.82 Å². The lowest BCUT2D eigenvalue weighted by Gasteiger charge is -2.00. The smallest absolute Gasteiger partial charge is 0.154 e. The molecule has 0 aliphatic carbocycles. The maximum atomic E-state index is 12.7. The summed E-state index contributed by atoms with van der Waals surface area (Å²) in [5.41, 5.74) is 0.641. The molecule has 0 N–H and O–H groups in total. The fourth-order valence-electron chi connectivity index (χ4n) is 0.786. The van der Waals surface area contributed by atoms with Crippen molar-refractivity contribution in [2.24, 2.45) is 0 Å². The molecule has 0 aliphatic heterocycles. The van der Waals surface area contributed by atoms with Crippen LogP contribution in [0.1, 0.15) is 15.9 Å². The number of aldehydes is 1. The fraction of sp³-hybridized carbons (Fsp3) is 0.125. The molecule has 0 bridgehead atoms. The van der Waals surface area contributed by atoms with Crippen molar-refractivity contribution in [2.45, 2.75) is 6.92 Å². The standard InChI is InChI=1S/C8H6ClFO/c1-5-2-3-7(10)6(4-11)8(5)9/h2-4H,1H3. The summed E-state index contributed by atoms with van der Waals surface area (Å²) in [6, 6.07) is 2.76. The van der Waals surface area contributed by atoms with Crippen molar-refractivity contribution in [3.05, 3.63) is 34.1 Å². The first-order valence-electron chi connectivity index (χ1n) is 3.06. The zero-order valence-electron chi connectivity index (χ0n) is 5.90. The van der Waals surface area contributed by atoms with Gasteiger partial charge in [-0.25, -0.2) is 4.39 Å². The lowest BCUT2D eigenvalue weighted by Crippen LogP contribution is -1.90. The van der Waals surface area contributed by atoms with Gasteiger partial charge in [-0.05, 0) is 18.6 Å². The average molecular weight is 173 g/mol. The number of benzene rings is 1. The molecule has 0 heterocycles. The largest absolute Gasteiger partial charge is 0.298 e. The lowest BCUT2D eigenvalue weighted by atomic mass is 10.1. The van der Waals surface area contributed by atoms with Crippen LogP contribution in [0.5, 0.6) is 0 Å². The molecular formula is C8H6ClFO. The third-order valence-corrected chi connectivity index (χ3v) is 1.94. The van der Waals surface area contributed by atoms with Crippen LogP contribution < -0.4 is 0 Å². The minimum absolute atomic E-state index is 0.0633. The van der Waals surface area contributed by atoms with Crippen LogP contribution in [0.3, 0.4) is 0 Å². The Balaban J connectivity index is 3.40. The molecule has 0 unspecified atom stereocenters. The van der Waals surface area contributed by atoms with Crippen LogP contribution in [-0.2, 0) is 0 Å². The second-order valence-corrected chi connectivity index (χ2v) is 2.59. The van der Waals surface area contributed by atoms with Gasteiger partial charge in [-0.2, -0.15) is 0 Å². The van der Waals surface area contributed by atoms with Crippen LogP contribution in [0.25, 0.3) is 0 Å². The minimum atomic E-state index is -0.574. The highest BCUT2D eigenvalue weighted by Crippen LogP contribution is 2.21. The quantitative estimate of drug-likeness (QED) is 0.595. The van der Waals surface area contributed by atoms with Gasteiger partial charge in [-0.3, -0.25) is 4.79 Å². The molecule has 0 aromatic heterocycles. The maximum absolute atomic E-state index is 12.7. The molecule has 1 rings (SSSR count). The first kappa shape index (κ1) is 8.21. The first-order valence-corrected chi connectivity index (χ1v) is 3.44. The van der Waals surface area contributed by atoms with E-state index in [0.29, 0.717) is 11.8 Å². The summed E-state index contributed by atoms with van der Waals surface area (Å²) in [5.74, 6) is -0.574. The number of carbonyl (C=O) groups excluding carboxylic acids is 1. The molecule has 1 aromatic rings. The van der Waals surface area contributed by atoms with E-state index in [1.165, 1.54) is 12.1 Å². The normalized spacial score (nSPS) is 9.73. The first-order chi connectivity index (χ1) is 5.16. The van der Waals surface area contributed by atoms with Gasteiger partial charge >= 0.3 is 0 Å². The molecule has 11 heavy (non-hydrogen) atoms. The molecule has 0 radical (unpaired) electrons. The van der Waals surface area contributed by atoms with E-state index < -0.39 is 5.82 Å². The molecule has 0 amide bonds. The molecule has 1 aromatic carbocycles. The predicted molar refractivity (Wildman–Crippen MR) is 41.5 cm³/mol. The molecule has 0 aliphatic rings. The average Bonchev–Trinajstić information content (AvgIpc) is 1.99. The number of halogens is 2. The Bertz CT molecular complexity index is 296. The number of hydrogen-bond donors (Lipinski definition) is 0. The zero-order chi connectivity index (χ0) is 8.43. The Kier molecular flexibility index (Phi) is 2.25. The fourth-order valence-corrected chi connectivity index (χ4v) is 0.984. The van der Waals surface area contributed by atoms with E-state index in [4.69, 9.17) is 11.6 Å². The molecular weight excluding hydrogens is 167 g/mol. The van der Waals surface area contributed by atoms with Gasteiger partial charge in [-0.1, -0.05) is 17.7 Å². The number of aryl methyl sites for hydroxylation is 1. The summed E-state index contributed by atoms with van der Waals surface area (Å²) in [6.07, 6.45) is 0.421. The zero-order valence-corrected chi connectivity index (χ0v) is 6.65. The van der Waals surface area contributed by atoms with Crippen molar-refractivity contribution < 1.29 is 9.18 Å². The van der Waals surface area contributed by atoms with Gasteiger partial charge in [0.15, 0.2) is 6.29 Å². The molecule has 58 valence electrons. The molecule has 1 nitrogen and oxygen atoms in total. The van der Waals surface area contributed by atoms with Gasteiger partial charge in [-0.15, -0.1) is 0 Å². The molecule has 0 fully saturated rings. The molecule has 0 spiro atoms. The highest BCUT2D eigenvalue weighted by atomic mass is 35.5. The number of carbonyl (C=O) groups is 1. The van der Waals surface area contributed by atoms with E-state index in [2.05, 4.69) is 0 Å². The summed E-state index contributed by atoms with van der Waals surface area (Å²) in [5, 5.41) is 0.194. The van der Waals surface area contributed by atoms with E-state index >= 15 is 0 Å². The Labute approximate surface area is 68.8 Å². The second kappa shape index (κ2) is 3.01. The summed E-state index contributed by atoms with van der Waals surface area (Å²) in [4.78, 5) is 10.3. The van der Waals surface area contributed by atoms with Gasteiger partial charge in [0, 0.05) is 0 Å². The van der Waals surface area contributed by atoms with E-state index in [0.717, 1.165) is 0 Å². The van der Waals surface area contributed by atoms with Crippen LogP contribution in [-0.4, -0.2) is 6.29 Å². The second-order valence-electron chi connectivity index (χ2n) is 2.21. The highest BCUT2D eigenvalue weighted by Gasteiger charge is 2.07. The minimum Gasteiger partial charge on any atom is -0.298 e. The summed E-state index contributed by atoms with van der Waals surface area (Å²) in [6.45, 7) is 1.72. The Hall–Kier alpha value is -0.890. The van der Waals surface area contributed by atoms with E-state index in [9.17, 15) is 9.18 Å². The van der Waals surface area contributed by atoms with Gasteiger partial charge in [0.2, 0.25) is 0 Å². The van der Waals surface area contributed by atoms with Crippen molar-refractivity contribution in [1.82, 2.24) is 0 Å². The van der Waals surface area contributed by atoms with Gasteiger partial charge < -0.3 is 0 Å². The van der Waals surface area contributed by atoms with Crippen molar-refractivity contribution in [2.75, 3.05) is 0 Å². The van der Waals surface area contributed by atoms with Crippen LogP contribution in [0, 0.1) is 12.7 Å². The Morgan fingerprint density at radius 3 is 2.64 bits per heavy atom. The Morgan fingerprint density at radius 2 is 2.18 bits per heavy atom. The topological polar surface area (TPSA) is 17.1 Å². The van der Waals surface area contributed by atoms with Crippen molar-refractivity contribution in [3.8, 4) is 0 Å². The molecule has 0 atom stereocenters. The maximum Gasteiger partial charge on any atom is 0.154 e. The molecule has 0 saturated carbocycles. The Morgan fingerprint density at radius 1 is 1.55 bits per heavy atom. The summed E-state index contributed by atoms with van der Waals surface area (Å²) < 4.78 is 12.7. The van der Waals surface area contributed by atoms with Crippen LogP contribution in [0.15, 0.2) is 12.1 Å². The highest BCUT2D eigenvalue weighted by molar-refractivity contribution is 6.33. The van der Waals surface area contributed by atoms with Crippen molar-refractivity contribution >= 4 is 17.9 Å². The SMILES string of the molecule is Cc1ccc(F)c(C=O)c1Cl. The third kappa shape index (κ3) is 1.40. The summed E-state index contributed by atoms with van der Waals surface area (Å²) in [7, 11) is 0. The van der Waals surface area contributed by atoms with Crippen LogP contribution in [0.2, 0.25) is 5.02 Å². The lowest BCUT2D eigenvalue weighted by molar-refractivity contribution is 0.112. The van der Waals surface area contributed by atoms with E-state index in [1.54, 1.807) is 6.92 Å². The van der Waals surface area contributed by atoms with Crippen molar-refractivity contribution in [1.29, 1.82) is 0 Å². The third-order valence-electron chi connectivity index (χ3n) is 1.44. The van der Waals surface area contributed by atoms with Gasteiger partial charge in [0.05, 0.1) is 10.6 Å². The van der Waals surface area contributed by atoms with E-state index in [1.807, 2.05) is 0 Å². The monoisotopic (exact) mass is 172 g/mol. The molecule has 3 heteroatoms. The van der Waals surface area contributed by atoms with Crippen LogP contribution in [0.4, 0.5) is 4.39 Å². The number of hydrogen-bond acceptors (Lipinski definition) is 1. The van der Waals surface area contributed by atoms with E-state index in [-0.39, 0.29) is 10.6 Å². The predicted octanol–water partition coefficient (Wildman–Crippen LogP) is 2.60. The van der Waals surface area contributed by atoms with Crippen molar-refractivity contribution in [3.63, 3.8) is 0 Å². The molecule has 0 saturated heterocycles. The van der Waals surface area contributed by atoms with Crippen LogP contribution >= 0.6 is 11.6 Å². The summed E-state index contributed by atoms with van der Waals surface area (Å²) >= 11 is 5.63.